The highest BCUT2D eigenvalue weighted by atomic mass is 16.3. The Morgan fingerprint density at radius 3 is 2.24 bits per heavy atom. The first-order chi connectivity index (χ1) is 16.9. The number of benzene rings is 5. The average molecular weight is 433 g/mol. The molecule has 0 unspecified atom stereocenters. The molecule has 156 valence electrons. The molecular weight excluding hydrogens is 418 g/mol. The summed E-state index contributed by atoms with van der Waals surface area (Å²) in [6.07, 6.45) is 0. The van der Waals surface area contributed by atoms with Crippen LogP contribution in [-0.2, 0) is 0 Å². The van der Waals surface area contributed by atoms with Crippen molar-refractivity contribution < 1.29 is 4.42 Å². The van der Waals surface area contributed by atoms with Crippen LogP contribution < -0.4 is 0 Å². The molecular formula is C30H15N3O. The van der Waals surface area contributed by atoms with Crippen LogP contribution >= 0.6 is 0 Å². The Balaban J connectivity index is 1.61. The summed E-state index contributed by atoms with van der Waals surface area (Å²) in [6, 6.07) is 31.6. The molecule has 34 heavy (non-hydrogen) atoms. The Kier molecular flexibility index (Phi) is 2.78. The Morgan fingerprint density at radius 1 is 0.559 bits per heavy atom. The third kappa shape index (κ3) is 1.84. The number of fused-ring (bicyclic) bond motifs is 13. The van der Waals surface area contributed by atoms with Gasteiger partial charge in [-0.3, -0.25) is 4.40 Å². The van der Waals surface area contributed by atoms with E-state index in [1.807, 2.05) is 24.3 Å². The Hall–Kier alpha value is -4.70. The summed E-state index contributed by atoms with van der Waals surface area (Å²) in [6.45, 7) is 0. The normalized spacial score (nSPS) is 12.7. The average Bonchev–Trinajstić information content (AvgIpc) is 3.53. The van der Waals surface area contributed by atoms with E-state index < -0.39 is 0 Å². The number of aromatic nitrogens is 3. The highest BCUT2D eigenvalue weighted by Gasteiger charge is 2.23. The highest BCUT2D eigenvalue weighted by molar-refractivity contribution is 6.34. The fraction of sp³-hybridized carbons (Fsp3) is 0. The van der Waals surface area contributed by atoms with Crippen LogP contribution in [0.1, 0.15) is 0 Å². The molecule has 0 aliphatic rings. The molecule has 0 saturated carbocycles. The van der Waals surface area contributed by atoms with Gasteiger partial charge in [-0.25, -0.2) is 9.97 Å². The number of rotatable bonds is 0. The van der Waals surface area contributed by atoms with Crippen molar-refractivity contribution >= 4 is 82.1 Å². The topological polar surface area (TPSA) is 43.3 Å². The van der Waals surface area contributed by atoms with Gasteiger partial charge in [0.25, 0.3) is 0 Å². The molecule has 4 heteroatoms. The zero-order chi connectivity index (χ0) is 22.0. The van der Waals surface area contributed by atoms with Crippen molar-refractivity contribution in [3.05, 3.63) is 91.0 Å². The van der Waals surface area contributed by atoms with Crippen LogP contribution in [0.2, 0.25) is 0 Å². The lowest BCUT2D eigenvalue weighted by molar-refractivity contribution is 0.669. The maximum Gasteiger partial charge on any atom is 0.165 e. The van der Waals surface area contributed by atoms with Crippen LogP contribution in [0.15, 0.2) is 95.4 Å². The minimum Gasteiger partial charge on any atom is -0.456 e. The zero-order valence-corrected chi connectivity index (χ0v) is 17.9. The summed E-state index contributed by atoms with van der Waals surface area (Å²) in [5.74, 6) is 0. The largest absolute Gasteiger partial charge is 0.456 e. The Labute approximate surface area is 192 Å². The number of nitrogens with zero attached hydrogens (tertiary/aromatic N) is 3. The van der Waals surface area contributed by atoms with Gasteiger partial charge in [-0.15, -0.1) is 0 Å². The SMILES string of the molecule is c1ccc2c(c1)ccc1oc3ccc4c(c5cccc6c7nc8ccccc8nc7n4c65)c3c12. The van der Waals surface area contributed by atoms with Crippen molar-refractivity contribution in [1.82, 2.24) is 14.4 Å². The molecule has 0 fully saturated rings. The van der Waals surface area contributed by atoms with Gasteiger partial charge in [-0.2, -0.15) is 0 Å². The van der Waals surface area contributed by atoms with Gasteiger partial charge in [0.2, 0.25) is 0 Å². The summed E-state index contributed by atoms with van der Waals surface area (Å²) < 4.78 is 8.65. The third-order valence-electron chi connectivity index (χ3n) is 7.29. The van der Waals surface area contributed by atoms with E-state index in [0.717, 1.165) is 44.3 Å². The number of hydrogen-bond acceptors (Lipinski definition) is 3. The number of para-hydroxylation sites is 3. The van der Waals surface area contributed by atoms with Crippen molar-refractivity contribution in [2.24, 2.45) is 0 Å². The summed E-state index contributed by atoms with van der Waals surface area (Å²) >= 11 is 0. The maximum atomic E-state index is 6.36. The minimum absolute atomic E-state index is 0.900. The van der Waals surface area contributed by atoms with Crippen LogP contribution in [0.5, 0.6) is 0 Å². The van der Waals surface area contributed by atoms with Crippen molar-refractivity contribution in [2.75, 3.05) is 0 Å². The van der Waals surface area contributed by atoms with Crippen LogP contribution in [0.4, 0.5) is 0 Å². The fourth-order valence-electron chi connectivity index (χ4n) is 5.92. The van der Waals surface area contributed by atoms with E-state index in [4.69, 9.17) is 14.4 Å². The van der Waals surface area contributed by atoms with Crippen molar-refractivity contribution in [3.63, 3.8) is 0 Å². The van der Waals surface area contributed by atoms with Crippen LogP contribution in [-0.4, -0.2) is 14.4 Å². The molecule has 0 atom stereocenters. The highest BCUT2D eigenvalue weighted by Crippen LogP contribution is 2.45. The van der Waals surface area contributed by atoms with Crippen LogP contribution in [0.3, 0.4) is 0 Å². The van der Waals surface area contributed by atoms with Gasteiger partial charge in [0, 0.05) is 26.9 Å². The number of furan rings is 1. The van der Waals surface area contributed by atoms with Crippen molar-refractivity contribution in [2.45, 2.75) is 0 Å². The summed E-state index contributed by atoms with van der Waals surface area (Å²) in [5.41, 5.74) is 7.81. The molecule has 9 rings (SSSR count). The molecule has 0 amide bonds. The second-order valence-corrected chi connectivity index (χ2v) is 9.02. The van der Waals surface area contributed by atoms with Gasteiger partial charge < -0.3 is 4.42 Å². The minimum atomic E-state index is 0.900. The van der Waals surface area contributed by atoms with Gasteiger partial charge in [-0.05, 0) is 41.1 Å². The monoisotopic (exact) mass is 433 g/mol. The van der Waals surface area contributed by atoms with Crippen LogP contribution in [0, 0.1) is 0 Å². The van der Waals surface area contributed by atoms with Gasteiger partial charge >= 0.3 is 0 Å². The molecule has 0 bridgehead atoms. The Bertz CT molecular complexity index is 2290. The number of hydrogen-bond donors (Lipinski definition) is 0. The van der Waals surface area contributed by atoms with Gasteiger partial charge in [0.1, 0.15) is 16.7 Å². The molecule has 0 spiro atoms. The maximum absolute atomic E-state index is 6.36. The molecule has 4 nitrogen and oxygen atoms in total. The second-order valence-electron chi connectivity index (χ2n) is 9.02. The van der Waals surface area contributed by atoms with E-state index in [2.05, 4.69) is 71.1 Å². The summed E-state index contributed by atoms with van der Waals surface area (Å²) in [4.78, 5) is 10.1. The van der Waals surface area contributed by atoms with E-state index in [0.29, 0.717) is 0 Å². The van der Waals surface area contributed by atoms with E-state index in [1.165, 1.54) is 37.8 Å². The van der Waals surface area contributed by atoms with E-state index in [-0.39, 0.29) is 0 Å². The third-order valence-corrected chi connectivity index (χ3v) is 7.29. The van der Waals surface area contributed by atoms with Crippen LogP contribution in [0.25, 0.3) is 82.1 Å². The summed E-state index contributed by atoms with van der Waals surface area (Å²) in [7, 11) is 0. The van der Waals surface area contributed by atoms with Crippen molar-refractivity contribution in [1.29, 1.82) is 0 Å². The predicted molar refractivity (Wildman–Crippen MR) is 139 cm³/mol. The molecule has 5 aromatic carbocycles. The predicted octanol–water partition coefficient (Wildman–Crippen LogP) is 7.83. The molecule has 0 saturated heterocycles. The Morgan fingerprint density at radius 2 is 1.29 bits per heavy atom. The first-order valence-corrected chi connectivity index (χ1v) is 11.4. The quantitative estimate of drug-likeness (QED) is 0.245. The molecule has 0 aliphatic carbocycles. The molecule has 4 aromatic heterocycles. The lowest BCUT2D eigenvalue weighted by Gasteiger charge is -2.02. The molecule has 0 radical (unpaired) electrons. The smallest absolute Gasteiger partial charge is 0.165 e. The molecule has 4 heterocycles. The standard InChI is InChI=1S/C30H15N3O/c1-2-7-17-16(6-1)12-14-23-26(17)27-24(34-23)15-13-22-25(27)18-8-5-9-19-28-30(33(22)29(18)19)32-21-11-4-3-10-20(21)31-28/h1-15H. The first-order valence-electron chi connectivity index (χ1n) is 11.4. The molecule has 0 N–H and O–H groups in total. The lowest BCUT2D eigenvalue weighted by atomic mass is 10.00. The van der Waals surface area contributed by atoms with E-state index >= 15 is 0 Å². The zero-order valence-electron chi connectivity index (χ0n) is 17.9. The van der Waals surface area contributed by atoms with Crippen molar-refractivity contribution in [3.8, 4) is 0 Å². The fourth-order valence-corrected chi connectivity index (χ4v) is 5.92. The lowest BCUT2D eigenvalue weighted by Crippen LogP contribution is -1.88. The molecule has 9 aromatic rings. The second kappa shape index (κ2) is 5.61. The van der Waals surface area contributed by atoms with E-state index in [1.54, 1.807) is 0 Å². The summed E-state index contributed by atoms with van der Waals surface area (Å²) in [5, 5.41) is 8.33. The first kappa shape index (κ1) is 16.9. The molecule has 0 aliphatic heterocycles. The van der Waals surface area contributed by atoms with E-state index in [9.17, 15) is 0 Å². The van der Waals surface area contributed by atoms with Gasteiger partial charge in [0.05, 0.1) is 22.1 Å². The van der Waals surface area contributed by atoms with Gasteiger partial charge in [0.15, 0.2) is 5.65 Å². The van der Waals surface area contributed by atoms with Gasteiger partial charge in [-0.1, -0.05) is 60.7 Å².